The average molecular weight is 226 g/mol. The summed E-state index contributed by atoms with van der Waals surface area (Å²) in [5, 5.41) is 0. The van der Waals surface area contributed by atoms with Gasteiger partial charge in [-0.2, -0.15) is 0 Å². The molecule has 0 saturated carbocycles. The number of hydrogen-bond acceptors (Lipinski definition) is 2. The maximum Gasteiger partial charge on any atom is 0.223 e. The Morgan fingerprint density at radius 3 is 2.25 bits per heavy atom. The number of nitrogens with zero attached hydrogens (tertiary/aromatic N) is 2. The molecule has 1 heterocycles. The molecule has 0 atom stereocenters. The molecule has 0 aromatic heterocycles. The summed E-state index contributed by atoms with van der Waals surface area (Å²) in [5.41, 5.74) is -0.0530. The molecule has 1 saturated heterocycles. The summed E-state index contributed by atoms with van der Waals surface area (Å²) < 4.78 is 0. The molecule has 1 rings (SSSR count). The van der Waals surface area contributed by atoms with Crippen LogP contribution in [0, 0.1) is 5.92 Å². The van der Waals surface area contributed by atoms with Crippen molar-refractivity contribution in [1.29, 1.82) is 0 Å². The minimum atomic E-state index is -0.0530. The summed E-state index contributed by atoms with van der Waals surface area (Å²) in [6, 6.07) is 0. The number of hydrogen-bond donors (Lipinski definition) is 0. The summed E-state index contributed by atoms with van der Waals surface area (Å²) in [5.74, 6) is 0.885. The zero-order valence-electron chi connectivity index (χ0n) is 11.4. The number of carbonyl (C=O) groups is 1. The molecule has 1 fully saturated rings. The van der Waals surface area contributed by atoms with Gasteiger partial charge in [0.05, 0.1) is 0 Å². The van der Waals surface area contributed by atoms with E-state index in [4.69, 9.17) is 0 Å². The predicted molar refractivity (Wildman–Crippen MR) is 67.4 cm³/mol. The number of piperidine rings is 1. The first-order valence-corrected chi connectivity index (χ1v) is 6.26. The van der Waals surface area contributed by atoms with Crippen molar-refractivity contribution in [3.63, 3.8) is 0 Å². The van der Waals surface area contributed by atoms with E-state index in [0.717, 1.165) is 19.5 Å². The highest BCUT2D eigenvalue weighted by atomic mass is 16.2. The first kappa shape index (κ1) is 13.5. The molecular weight excluding hydrogens is 200 g/mol. The lowest BCUT2D eigenvalue weighted by atomic mass is 9.92. The highest BCUT2D eigenvalue weighted by Gasteiger charge is 2.26. The first-order valence-electron chi connectivity index (χ1n) is 6.26. The lowest BCUT2D eigenvalue weighted by Crippen LogP contribution is -2.43. The zero-order chi connectivity index (χ0) is 12.3. The molecule has 0 spiro atoms. The SMILES string of the molecule is CN1CCC(CC(=O)N(C)C(C)(C)C)CC1. The van der Waals surface area contributed by atoms with Crippen LogP contribution in [0.3, 0.4) is 0 Å². The van der Waals surface area contributed by atoms with Gasteiger partial charge in [-0.1, -0.05) is 0 Å². The summed E-state index contributed by atoms with van der Waals surface area (Å²) in [6.07, 6.45) is 3.06. The zero-order valence-corrected chi connectivity index (χ0v) is 11.4. The van der Waals surface area contributed by atoms with E-state index in [2.05, 4.69) is 32.7 Å². The van der Waals surface area contributed by atoms with Crippen LogP contribution >= 0.6 is 0 Å². The Balaban J connectivity index is 2.40. The Bertz CT molecular complexity index is 237. The lowest BCUT2D eigenvalue weighted by Gasteiger charge is -2.34. The van der Waals surface area contributed by atoms with Crippen molar-refractivity contribution < 1.29 is 4.79 Å². The molecule has 3 heteroatoms. The van der Waals surface area contributed by atoms with Gasteiger partial charge in [-0.25, -0.2) is 0 Å². The van der Waals surface area contributed by atoms with E-state index < -0.39 is 0 Å². The molecule has 0 aromatic rings. The third kappa shape index (κ3) is 3.78. The molecule has 0 radical (unpaired) electrons. The lowest BCUT2D eigenvalue weighted by molar-refractivity contribution is -0.135. The standard InChI is InChI=1S/C13H26N2O/c1-13(2,3)15(5)12(16)10-11-6-8-14(4)9-7-11/h11H,6-10H2,1-5H3. The third-order valence-electron chi connectivity index (χ3n) is 3.68. The second-order valence-corrected chi connectivity index (χ2v) is 6.07. The number of rotatable bonds is 2. The van der Waals surface area contributed by atoms with Crippen molar-refractivity contribution >= 4 is 5.91 Å². The van der Waals surface area contributed by atoms with E-state index >= 15 is 0 Å². The number of carbonyl (C=O) groups excluding carboxylic acids is 1. The van der Waals surface area contributed by atoms with Gasteiger partial charge >= 0.3 is 0 Å². The van der Waals surface area contributed by atoms with Gasteiger partial charge in [0.25, 0.3) is 0 Å². The second kappa shape index (κ2) is 5.17. The Morgan fingerprint density at radius 1 is 1.31 bits per heavy atom. The van der Waals surface area contributed by atoms with Gasteiger partial charge < -0.3 is 9.80 Å². The second-order valence-electron chi connectivity index (χ2n) is 6.07. The van der Waals surface area contributed by atoms with E-state index in [1.54, 1.807) is 0 Å². The van der Waals surface area contributed by atoms with Gasteiger partial charge in [-0.3, -0.25) is 4.79 Å². The van der Waals surface area contributed by atoms with Crippen LogP contribution in [0.25, 0.3) is 0 Å². The van der Waals surface area contributed by atoms with Crippen LogP contribution in [0.1, 0.15) is 40.0 Å². The Morgan fingerprint density at radius 2 is 1.81 bits per heavy atom. The van der Waals surface area contributed by atoms with Crippen molar-refractivity contribution in [3.8, 4) is 0 Å². The summed E-state index contributed by atoms with van der Waals surface area (Å²) in [6.45, 7) is 8.52. The minimum Gasteiger partial charge on any atom is -0.341 e. The van der Waals surface area contributed by atoms with Crippen LogP contribution in [-0.2, 0) is 4.79 Å². The summed E-state index contributed by atoms with van der Waals surface area (Å²) in [4.78, 5) is 16.3. The average Bonchev–Trinajstić information content (AvgIpc) is 2.19. The fraction of sp³-hybridized carbons (Fsp3) is 0.923. The third-order valence-corrected chi connectivity index (χ3v) is 3.68. The van der Waals surface area contributed by atoms with Crippen molar-refractivity contribution in [2.24, 2.45) is 5.92 Å². The largest absolute Gasteiger partial charge is 0.341 e. The van der Waals surface area contributed by atoms with Crippen molar-refractivity contribution in [3.05, 3.63) is 0 Å². The molecule has 0 N–H and O–H groups in total. The fourth-order valence-electron chi connectivity index (χ4n) is 2.02. The van der Waals surface area contributed by atoms with Crippen LogP contribution in [0.15, 0.2) is 0 Å². The quantitative estimate of drug-likeness (QED) is 0.719. The highest BCUT2D eigenvalue weighted by Crippen LogP contribution is 2.22. The molecule has 1 amide bonds. The Hall–Kier alpha value is -0.570. The molecule has 3 nitrogen and oxygen atoms in total. The number of likely N-dealkylation sites (tertiary alicyclic amines) is 1. The molecule has 0 bridgehead atoms. The van der Waals surface area contributed by atoms with Crippen LogP contribution in [0.4, 0.5) is 0 Å². The number of amides is 1. The van der Waals surface area contributed by atoms with Gasteiger partial charge in [0, 0.05) is 19.0 Å². The monoisotopic (exact) mass is 226 g/mol. The summed E-state index contributed by atoms with van der Waals surface area (Å²) in [7, 11) is 4.07. The van der Waals surface area contributed by atoms with E-state index in [-0.39, 0.29) is 5.54 Å². The van der Waals surface area contributed by atoms with Gasteiger partial charge in [0.1, 0.15) is 0 Å². The molecule has 94 valence electrons. The smallest absolute Gasteiger partial charge is 0.223 e. The van der Waals surface area contributed by atoms with Crippen LogP contribution in [-0.4, -0.2) is 48.4 Å². The molecule has 16 heavy (non-hydrogen) atoms. The molecule has 0 unspecified atom stereocenters. The molecule has 1 aliphatic rings. The van der Waals surface area contributed by atoms with Gasteiger partial charge in [0.15, 0.2) is 0 Å². The van der Waals surface area contributed by atoms with Crippen molar-refractivity contribution in [2.75, 3.05) is 27.2 Å². The highest BCUT2D eigenvalue weighted by molar-refractivity contribution is 5.76. The summed E-state index contributed by atoms with van der Waals surface area (Å²) >= 11 is 0. The minimum absolute atomic E-state index is 0.0530. The fourth-order valence-corrected chi connectivity index (χ4v) is 2.02. The maximum atomic E-state index is 12.1. The Kier molecular flexibility index (Phi) is 4.36. The molecular formula is C13H26N2O. The van der Waals surface area contributed by atoms with Crippen LogP contribution in [0.2, 0.25) is 0 Å². The van der Waals surface area contributed by atoms with Gasteiger partial charge in [-0.15, -0.1) is 0 Å². The van der Waals surface area contributed by atoms with E-state index in [9.17, 15) is 4.79 Å². The van der Waals surface area contributed by atoms with Crippen LogP contribution < -0.4 is 0 Å². The van der Waals surface area contributed by atoms with E-state index in [0.29, 0.717) is 11.8 Å². The molecule has 0 aromatic carbocycles. The topological polar surface area (TPSA) is 23.6 Å². The normalized spacial score (nSPS) is 19.8. The van der Waals surface area contributed by atoms with Gasteiger partial charge in [-0.05, 0) is 59.7 Å². The van der Waals surface area contributed by atoms with Gasteiger partial charge in [0.2, 0.25) is 5.91 Å². The Labute approximate surface area is 99.8 Å². The molecule has 0 aliphatic carbocycles. The predicted octanol–water partition coefficient (Wildman–Crippen LogP) is 1.98. The maximum absolute atomic E-state index is 12.1. The van der Waals surface area contributed by atoms with E-state index in [1.807, 2.05) is 11.9 Å². The molecule has 1 aliphatic heterocycles. The first-order chi connectivity index (χ1) is 7.30. The van der Waals surface area contributed by atoms with Crippen molar-refractivity contribution in [2.45, 2.75) is 45.6 Å². The van der Waals surface area contributed by atoms with E-state index in [1.165, 1.54) is 12.8 Å². The van der Waals surface area contributed by atoms with Crippen LogP contribution in [0.5, 0.6) is 0 Å². The van der Waals surface area contributed by atoms with Crippen molar-refractivity contribution in [1.82, 2.24) is 9.80 Å².